The van der Waals surface area contributed by atoms with Gasteiger partial charge in [-0.05, 0) is 43.0 Å². The fraction of sp³-hybridized carbons (Fsp3) is 0.615. The van der Waals surface area contributed by atoms with Crippen molar-refractivity contribution in [2.75, 3.05) is 0 Å². The molecule has 0 spiro atoms. The number of carbonyl (C=O) groups excluding carboxylic acids is 1. The van der Waals surface area contributed by atoms with Crippen LogP contribution in [0.25, 0.3) is 0 Å². The highest BCUT2D eigenvalue weighted by Crippen LogP contribution is 2.42. The highest BCUT2D eigenvalue weighted by Gasteiger charge is 2.36. The van der Waals surface area contributed by atoms with Crippen LogP contribution in [0.3, 0.4) is 0 Å². The zero-order valence-corrected chi connectivity index (χ0v) is 10.1. The van der Waals surface area contributed by atoms with Crippen LogP contribution >= 0.6 is 11.3 Å². The topological polar surface area (TPSA) is 29.1 Å². The zero-order valence-electron chi connectivity index (χ0n) is 9.32. The molecular formula is C13H17NOS. The van der Waals surface area contributed by atoms with Gasteiger partial charge >= 0.3 is 0 Å². The number of hydrogen-bond donors (Lipinski definition) is 1. The van der Waals surface area contributed by atoms with Gasteiger partial charge < -0.3 is 5.32 Å². The van der Waals surface area contributed by atoms with Gasteiger partial charge in [0.25, 0.3) is 0 Å². The molecule has 2 aliphatic rings. The predicted molar refractivity (Wildman–Crippen MR) is 65.3 cm³/mol. The summed E-state index contributed by atoms with van der Waals surface area (Å²) in [6.45, 7) is 0. The molecule has 2 saturated carbocycles. The van der Waals surface area contributed by atoms with E-state index in [0.29, 0.717) is 17.9 Å². The van der Waals surface area contributed by atoms with Gasteiger partial charge in [-0.3, -0.25) is 4.79 Å². The molecule has 0 saturated heterocycles. The highest BCUT2D eigenvalue weighted by atomic mass is 32.1. The molecule has 1 aromatic heterocycles. The first-order valence-corrected chi connectivity index (χ1v) is 7.06. The van der Waals surface area contributed by atoms with E-state index in [2.05, 4.69) is 22.8 Å². The van der Waals surface area contributed by atoms with Crippen molar-refractivity contribution in [3.05, 3.63) is 22.4 Å². The molecule has 3 rings (SSSR count). The molecule has 2 fully saturated rings. The van der Waals surface area contributed by atoms with Gasteiger partial charge in [0.05, 0.1) is 6.04 Å². The van der Waals surface area contributed by atoms with E-state index in [1.807, 2.05) is 0 Å². The Hall–Kier alpha value is -0.830. The van der Waals surface area contributed by atoms with Gasteiger partial charge in [0.1, 0.15) is 0 Å². The molecule has 1 atom stereocenters. The molecule has 0 unspecified atom stereocenters. The van der Waals surface area contributed by atoms with Crippen LogP contribution in [-0.2, 0) is 4.79 Å². The fourth-order valence-corrected chi connectivity index (χ4v) is 3.13. The van der Waals surface area contributed by atoms with Gasteiger partial charge in [0.15, 0.2) is 0 Å². The molecule has 0 aromatic carbocycles. The summed E-state index contributed by atoms with van der Waals surface area (Å²) in [5, 5.41) is 5.35. The lowest BCUT2D eigenvalue weighted by Gasteiger charge is -2.27. The summed E-state index contributed by atoms with van der Waals surface area (Å²) in [6.07, 6.45) is 5.95. The molecule has 1 heterocycles. The second kappa shape index (κ2) is 4.21. The van der Waals surface area contributed by atoms with Crippen molar-refractivity contribution in [1.82, 2.24) is 5.32 Å². The number of nitrogens with one attached hydrogen (secondary N) is 1. The van der Waals surface area contributed by atoms with E-state index < -0.39 is 0 Å². The Morgan fingerprint density at radius 3 is 2.69 bits per heavy atom. The molecule has 2 aliphatic carbocycles. The van der Waals surface area contributed by atoms with Crippen LogP contribution < -0.4 is 5.32 Å². The number of rotatable bonds is 4. The van der Waals surface area contributed by atoms with E-state index >= 15 is 0 Å². The van der Waals surface area contributed by atoms with Gasteiger partial charge in [-0.2, -0.15) is 0 Å². The van der Waals surface area contributed by atoms with Crippen LogP contribution in [0, 0.1) is 11.8 Å². The van der Waals surface area contributed by atoms with Crippen molar-refractivity contribution in [2.24, 2.45) is 11.8 Å². The van der Waals surface area contributed by atoms with Crippen molar-refractivity contribution in [1.29, 1.82) is 0 Å². The summed E-state index contributed by atoms with van der Waals surface area (Å²) >= 11 is 1.76. The monoisotopic (exact) mass is 235 g/mol. The smallest absolute Gasteiger partial charge is 0.223 e. The maximum Gasteiger partial charge on any atom is 0.223 e. The largest absolute Gasteiger partial charge is 0.348 e. The average molecular weight is 235 g/mol. The number of carbonyl (C=O) groups is 1. The molecule has 3 heteroatoms. The molecule has 86 valence electrons. The lowest BCUT2D eigenvalue weighted by atomic mass is 9.84. The Morgan fingerprint density at radius 1 is 1.38 bits per heavy atom. The van der Waals surface area contributed by atoms with Crippen LogP contribution in [0.5, 0.6) is 0 Å². The summed E-state index contributed by atoms with van der Waals surface area (Å²) in [5.41, 5.74) is 0. The third-order valence-corrected chi connectivity index (χ3v) is 4.67. The van der Waals surface area contributed by atoms with Crippen LogP contribution in [0.4, 0.5) is 0 Å². The normalized spacial score (nSPS) is 22.5. The third-order valence-electron chi connectivity index (χ3n) is 3.72. The third kappa shape index (κ3) is 2.01. The minimum atomic E-state index is 0.288. The molecule has 0 aliphatic heterocycles. The molecule has 0 bridgehead atoms. The van der Waals surface area contributed by atoms with Crippen molar-refractivity contribution in [2.45, 2.75) is 38.1 Å². The van der Waals surface area contributed by atoms with Crippen LogP contribution in [0.1, 0.15) is 43.0 Å². The van der Waals surface area contributed by atoms with Crippen LogP contribution in [0.2, 0.25) is 0 Å². The number of amides is 1. The fourth-order valence-electron chi connectivity index (χ4n) is 2.26. The SMILES string of the molecule is O=C(N[C@@H](c1cccs1)C1CC1)C1CCC1. The van der Waals surface area contributed by atoms with Crippen LogP contribution in [0.15, 0.2) is 17.5 Å². The quantitative estimate of drug-likeness (QED) is 0.853. The van der Waals surface area contributed by atoms with Crippen molar-refractivity contribution < 1.29 is 4.79 Å². The number of thiophene rings is 1. The molecular weight excluding hydrogens is 218 g/mol. The average Bonchev–Trinajstić information content (AvgIpc) is 2.87. The van der Waals surface area contributed by atoms with E-state index in [9.17, 15) is 4.79 Å². The van der Waals surface area contributed by atoms with Crippen LogP contribution in [-0.4, -0.2) is 5.91 Å². The molecule has 2 nitrogen and oxygen atoms in total. The van der Waals surface area contributed by atoms with Gasteiger partial charge in [0, 0.05) is 10.8 Å². The molecule has 0 radical (unpaired) electrons. The van der Waals surface area contributed by atoms with E-state index in [-0.39, 0.29) is 5.91 Å². The maximum atomic E-state index is 12.0. The Balaban J connectivity index is 1.67. The van der Waals surface area contributed by atoms with Crippen molar-refractivity contribution >= 4 is 17.2 Å². The number of hydrogen-bond acceptors (Lipinski definition) is 2. The first-order chi connectivity index (χ1) is 7.84. The van der Waals surface area contributed by atoms with Gasteiger partial charge in [-0.1, -0.05) is 12.5 Å². The Bertz CT molecular complexity index is 365. The Kier molecular flexibility index (Phi) is 2.72. The zero-order chi connectivity index (χ0) is 11.0. The first kappa shape index (κ1) is 10.3. The second-order valence-electron chi connectivity index (χ2n) is 4.97. The lowest BCUT2D eigenvalue weighted by molar-refractivity contribution is -0.128. The van der Waals surface area contributed by atoms with Crippen molar-refractivity contribution in [3.8, 4) is 0 Å². The van der Waals surface area contributed by atoms with Gasteiger partial charge in [-0.25, -0.2) is 0 Å². The highest BCUT2D eigenvalue weighted by molar-refractivity contribution is 7.10. The van der Waals surface area contributed by atoms with E-state index in [0.717, 1.165) is 12.8 Å². The minimum Gasteiger partial charge on any atom is -0.348 e. The Morgan fingerprint density at radius 2 is 2.19 bits per heavy atom. The summed E-state index contributed by atoms with van der Waals surface area (Å²) in [5.74, 6) is 1.29. The molecule has 16 heavy (non-hydrogen) atoms. The summed E-state index contributed by atoms with van der Waals surface area (Å²) < 4.78 is 0. The lowest BCUT2D eigenvalue weighted by Crippen LogP contribution is -2.37. The maximum absolute atomic E-state index is 12.0. The summed E-state index contributed by atoms with van der Waals surface area (Å²) in [4.78, 5) is 13.3. The summed E-state index contributed by atoms with van der Waals surface area (Å²) in [7, 11) is 0. The van der Waals surface area contributed by atoms with E-state index in [4.69, 9.17) is 0 Å². The molecule has 1 aromatic rings. The van der Waals surface area contributed by atoms with Gasteiger partial charge in [0.2, 0.25) is 5.91 Å². The Labute approximate surface area is 100 Å². The second-order valence-corrected chi connectivity index (χ2v) is 5.95. The standard InChI is InChI=1S/C13H17NOS/c15-13(10-3-1-4-10)14-12(9-6-7-9)11-5-2-8-16-11/h2,5,8-10,12H,1,3-4,6-7H2,(H,14,15)/t12-/m1/s1. The van der Waals surface area contributed by atoms with Crippen molar-refractivity contribution in [3.63, 3.8) is 0 Å². The first-order valence-electron chi connectivity index (χ1n) is 6.18. The summed E-state index contributed by atoms with van der Waals surface area (Å²) in [6, 6.07) is 4.52. The predicted octanol–water partition coefficient (Wildman–Crippen LogP) is 3.12. The van der Waals surface area contributed by atoms with E-state index in [1.54, 1.807) is 11.3 Å². The van der Waals surface area contributed by atoms with E-state index in [1.165, 1.54) is 24.1 Å². The minimum absolute atomic E-state index is 0.288. The molecule has 1 N–H and O–H groups in total. The van der Waals surface area contributed by atoms with Gasteiger partial charge in [-0.15, -0.1) is 11.3 Å². The molecule has 1 amide bonds.